The Bertz CT molecular complexity index is 681. The van der Waals surface area contributed by atoms with Crippen LogP contribution in [0.1, 0.15) is 13.8 Å². The molecule has 2 aromatic rings. The number of morpholine rings is 1. The third-order valence-corrected chi connectivity index (χ3v) is 4.36. The van der Waals surface area contributed by atoms with E-state index in [9.17, 15) is 4.79 Å². The van der Waals surface area contributed by atoms with Crippen LogP contribution in [-0.2, 0) is 9.53 Å². The summed E-state index contributed by atoms with van der Waals surface area (Å²) in [5.41, 5.74) is 0.997. The van der Waals surface area contributed by atoms with Crippen LogP contribution in [0.15, 0.2) is 42.5 Å². The second-order valence-corrected chi connectivity index (χ2v) is 6.05. The summed E-state index contributed by atoms with van der Waals surface area (Å²) in [5.74, 6) is 0.151. The Morgan fingerprint density at radius 3 is 2.83 bits per heavy atom. The number of amides is 1. The summed E-state index contributed by atoms with van der Waals surface area (Å²) in [6.45, 7) is 7.55. The molecule has 1 saturated heterocycles. The number of hydrogen-bond donors (Lipinski definition) is 0. The molecule has 4 heteroatoms. The van der Waals surface area contributed by atoms with Crippen molar-refractivity contribution >= 4 is 22.4 Å². The number of likely N-dealkylation sites (N-methyl/N-ethyl adjacent to an activating group) is 1. The zero-order chi connectivity index (χ0) is 16.2. The van der Waals surface area contributed by atoms with Gasteiger partial charge in [-0.05, 0) is 25.3 Å². The molecule has 0 aliphatic carbocycles. The number of carbonyl (C=O) groups is 1. The number of carbonyl (C=O) groups excluding carboxylic acids is 1. The third-order valence-electron chi connectivity index (χ3n) is 4.36. The molecule has 3 rings (SSSR count). The Hall–Kier alpha value is -1.91. The molecule has 1 unspecified atom stereocenters. The molecule has 1 atom stereocenters. The number of anilines is 1. The normalized spacial score (nSPS) is 19.0. The molecular formula is C19H24N2O2. The first-order chi connectivity index (χ1) is 11.2. The Balaban J connectivity index is 1.82. The molecule has 1 heterocycles. The zero-order valence-electron chi connectivity index (χ0n) is 13.9. The Kier molecular flexibility index (Phi) is 4.94. The van der Waals surface area contributed by atoms with Gasteiger partial charge in [0, 0.05) is 25.0 Å². The van der Waals surface area contributed by atoms with Gasteiger partial charge in [0.15, 0.2) is 0 Å². The molecule has 0 spiro atoms. The highest BCUT2D eigenvalue weighted by molar-refractivity contribution is 6.04. The van der Waals surface area contributed by atoms with E-state index in [-0.39, 0.29) is 12.0 Å². The highest BCUT2D eigenvalue weighted by Gasteiger charge is 2.22. The quantitative estimate of drug-likeness (QED) is 0.870. The van der Waals surface area contributed by atoms with Crippen molar-refractivity contribution < 1.29 is 9.53 Å². The van der Waals surface area contributed by atoms with Crippen molar-refractivity contribution in [2.45, 2.75) is 20.0 Å². The molecule has 23 heavy (non-hydrogen) atoms. The van der Waals surface area contributed by atoms with E-state index in [4.69, 9.17) is 4.74 Å². The zero-order valence-corrected chi connectivity index (χ0v) is 13.9. The van der Waals surface area contributed by atoms with Crippen LogP contribution in [0.2, 0.25) is 0 Å². The lowest BCUT2D eigenvalue weighted by Gasteiger charge is -2.32. The molecule has 122 valence electrons. The summed E-state index contributed by atoms with van der Waals surface area (Å²) >= 11 is 0. The van der Waals surface area contributed by atoms with E-state index < -0.39 is 0 Å². The van der Waals surface area contributed by atoms with Crippen LogP contribution in [0.5, 0.6) is 0 Å². The first kappa shape index (κ1) is 16.0. The van der Waals surface area contributed by atoms with E-state index >= 15 is 0 Å². The number of fused-ring (bicyclic) bond motifs is 1. The molecule has 0 saturated carbocycles. The van der Waals surface area contributed by atoms with Gasteiger partial charge in [0.05, 0.1) is 24.9 Å². The monoisotopic (exact) mass is 312 g/mol. The van der Waals surface area contributed by atoms with E-state index in [0.717, 1.165) is 29.5 Å². The molecule has 0 aromatic heterocycles. The molecule has 4 nitrogen and oxygen atoms in total. The van der Waals surface area contributed by atoms with Crippen LogP contribution in [0.25, 0.3) is 10.8 Å². The van der Waals surface area contributed by atoms with Crippen molar-refractivity contribution in [3.63, 3.8) is 0 Å². The molecule has 0 radical (unpaired) electrons. The van der Waals surface area contributed by atoms with E-state index in [1.807, 2.05) is 36.1 Å². The van der Waals surface area contributed by atoms with Gasteiger partial charge in [-0.3, -0.25) is 9.69 Å². The molecule has 1 aliphatic rings. The first-order valence-electron chi connectivity index (χ1n) is 8.31. The fourth-order valence-corrected chi connectivity index (χ4v) is 3.24. The topological polar surface area (TPSA) is 32.8 Å². The van der Waals surface area contributed by atoms with Crippen molar-refractivity contribution in [3.8, 4) is 0 Å². The molecule has 1 aliphatic heterocycles. The van der Waals surface area contributed by atoms with Gasteiger partial charge >= 0.3 is 0 Å². The fourth-order valence-electron chi connectivity index (χ4n) is 3.24. The van der Waals surface area contributed by atoms with Crippen molar-refractivity contribution in [2.24, 2.45) is 0 Å². The van der Waals surface area contributed by atoms with Crippen LogP contribution < -0.4 is 4.90 Å². The second-order valence-electron chi connectivity index (χ2n) is 6.05. The summed E-state index contributed by atoms with van der Waals surface area (Å²) in [6, 6.07) is 14.3. The van der Waals surface area contributed by atoms with Crippen LogP contribution in [0.3, 0.4) is 0 Å². The maximum Gasteiger partial charge on any atom is 0.241 e. The van der Waals surface area contributed by atoms with Crippen LogP contribution >= 0.6 is 0 Å². The van der Waals surface area contributed by atoms with Gasteiger partial charge in [-0.15, -0.1) is 0 Å². The van der Waals surface area contributed by atoms with Gasteiger partial charge in [-0.2, -0.15) is 0 Å². The maximum atomic E-state index is 12.8. The average molecular weight is 312 g/mol. The van der Waals surface area contributed by atoms with Crippen molar-refractivity contribution in [1.29, 1.82) is 0 Å². The molecule has 0 bridgehead atoms. The minimum absolute atomic E-state index is 0.151. The van der Waals surface area contributed by atoms with E-state index in [2.05, 4.69) is 30.0 Å². The summed E-state index contributed by atoms with van der Waals surface area (Å²) in [6.07, 6.45) is 0.198. The van der Waals surface area contributed by atoms with Gasteiger partial charge in [-0.25, -0.2) is 0 Å². The summed E-state index contributed by atoms with van der Waals surface area (Å²) < 4.78 is 5.55. The lowest BCUT2D eigenvalue weighted by molar-refractivity contribution is -0.121. The van der Waals surface area contributed by atoms with Gasteiger partial charge in [0.25, 0.3) is 0 Å². The van der Waals surface area contributed by atoms with Gasteiger partial charge in [-0.1, -0.05) is 36.4 Å². The predicted molar refractivity (Wildman–Crippen MR) is 93.8 cm³/mol. The lowest BCUT2D eigenvalue weighted by atomic mass is 10.1. The Morgan fingerprint density at radius 1 is 1.26 bits per heavy atom. The van der Waals surface area contributed by atoms with Crippen molar-refractivity contribution in [1.82, 2.24) is 4.90 Å². The number of ether oxygens (including phenoxy) is 1. The molecular weight excluding hydrogens is 288 g/mol. The largest absolute Gasteiger partial charge is 0.376 e. The lowest BCUT2D eigenvalue weighted by Crippen LogP contribution is -2.47. The number of rotatable bonds is 4. The van der Waals surface area contributed by atoms with Gasteiger partial charge in [0.1, 0.15) is 0 Å². The minimum Gasteiger partial charge on any atom is -0.376 e. The SMILES string of the molecule is CCN(C(=O)CN1CCOC(C)C1)c1cccc2ccccc12. The van der Waals surface area contributed by atoms with Crippen LogP contribution in [0.4, 0.5) is 5.69 Å². The van der Waals surface area contributed by atoms with Crippen LogP contribution in [0, 0.1) is 0 Å². The minimum atomic E-state index is 0.151. The van der Waals surface area contributed by atoms with Gasteiger partial charge < -0.3 is 9.64 Å². The number of nitrogens with zero attached hydrogens (tertiary/aromatic N) is 2. The average Bonchev–Trinajstić information content (AvgIpc) is 2.56. The maximum absolute atomic E-state index is 12.8. The predicted octanol–water partition coefficient (Wildman–Crippen LogP) is 2.91. The fraction of sp³-hybridized carbons (Fsp3) is 0.421. The Morgan fingerprint density at radius 2 is 2.04 bits per heavy atom. The first-order valence-corrected chi connectivity index (χ1v) is 8.31. The highest BCUT2D eigenvalue weighted by atomic mass is 16.5. The smallest absolute Gasteiger partial charge is 0.241 e. The molecule has 0 N–H and O–H groups in total. The highest BCUT2D eigenvalue weighted by Crippen LogP contribution is 2.26. The number of hydrogen-bond acceptors (Lipinski definition) is 3. The van der Waals surface area contributed by atoms with E-state index in [0.29, 0.717) is 19.7 Å². The van der Waals surface area contributed by atoms with Crippen LogP contribution in [-0.4, -0.2) is 49.7 Å². The standard InChI is InChI=1S/C19H24N2O2/c1-3-21(19(22)14-20-11-12-23-15(2)13-20)18-10-6-8-16-7-4-5-9-17(16)18/h4-10,15H,3,11-14H2,1-2H3. The Labute approximate surface area is 137 Å². The molecule has 1 fully saturated rings. The second kappa shape index (κ2) is 7.11. The third kappa shape index (κ3) is 3.54. The van der Waals surface area contributed by atoms with Gasteiger partial charge in [0.2, 0.25) is 5.91 Å². The van der Waals surface area contributed by atoms with Crippen molar-refractivity contribution in [2.75, 3.05) is 37.7 Å². The van der Waals surface area contributed by atoms with E-state index in [1.165, 1.54) is 0 Å². The summed E-state index contributed by atoms with van der Waals surface area (Å²) in [5, 5.41) is 2.29. The molecule has 2 aromatic carbocycles. The summed E-state index contributed by atoms with van der Waals surface area (Å²) in [7, 11) is 0. The summed E-state index contributed by atoms with van der Waals surface area (Å²) in [4.78, 5) is 16.9. The van der Waals surface area contributed by atoms with Crippen molar-refractivity contribution in [3.05, 3.63) is 42.5 Å². The number of benzene rings is 2. The molecule has 1 amide bonds. The van der Waals surface area contributed by atoms with E-state index in [1.54, 1.807) is 0 Å².